The first-order chi connectivity index (χ1) is 16.7. The molecule has 2 aromatic rings. The third kappa shape index (κ3) is 6.47. The Labute approximate surface area is 215 Å². The molecule has 1 aliphatic heterocycles. The van der Waals surface area contributed by atoms with E-state index in [1.807, 2.05) is 0 Å². The highest BCUT2D eigenvalue weighted by molar-refractivity contribution is 7.92. The second kappa shape index (κ2) is 11.8. The normalized spacial score (nSPS) is 14.8. The van der Waals surface area contributed by atoms with Crippen molar-refractivity contribution in [3.63, 3.8) is 0 Å². The third-order valence-electron chi connectivity index (χ3n) is 5.47. The molecule has 3 N–H and O–H groups in total. The fourth-order valence-corrected chi connectivity index (χ4v) is 5.41. The first kappa shape index (κ1) is 26.8. The number of hydrogen-bond donors (Lipinski definition) is 3. The summed E-state index contributed by atoms with van der Waals surface area (Å²) in [7, 11) is -0.982. The number of amides is 1. The number of nitrogens with one attached hydrogen (secondary N) is 3. The van der Waals surface area contributed by atoms with Gasteiger partial charge in [-0.15, -0.1) is 0 Å². The molecule has 9 nitrogen and oxygen atoms in total. The fraction of sp³-hybridized carbons (Fsp3) is 0.391. The molecular weight excluding hydrogens is 514 g/mol. The molecule has 0 saturated heterocycles. The van der Waals surface area contributed by atoms with Crippen molar-refractivity contribution >= 4 is 44.9 Å². The van der Waals surface area contributed by atoms with Gasteiger partial charge in [-0.05, 0) is 67.7 Å². The van der Waals surface area contributed by atoms with Crippen LogP contribution in [0.15, 0.2) is 35.2 Å². The van der Waals surface area contributed by atoms with Crippen molar-refractivity contribution in [2.75, 3.05) is 33.9 Å². The average molecular weight is 542 g/mol. The zero-order valence-electron chi connectivity index (χ0n) is 19.6. The highest BCUT2D eigenvalue weighted by atomic mass is 35.5. The van der Waals surface area contributed by atoms with Crippen LogP contribution in [0.3, 0.4) is 0 Å². The summed E-state index contributed by atoms with van der Waals surface area (Å²) < 4.78 is 45.0. The minimum Gasteiger partial charge on any atom is -0.496 e. The predicted octanol–water partition coefficient (Wildman–Crippen LogP) is 3.22. The second-order valence-corrected chi connectivity index (χ2v) is 10.2. The van der Waals surface area contributed by atoms with Crippen molar-refractivity contribution in [2.24, 2.45) is 0 Å². The lowest BCUT2D eigenvalue weighted by atomic mass is 9.90. The van der Waals surface area contributed by atoms with Crippen LogP contribution in [0.25, 0.3) is 0 Å². The quantitative estimate of drug-likeness (QED) is 0.415. The van der Waals surface area contributed by atoms with Gasteiger partial charge in [0.2, 0.25) is 0 Å². The number of sulfonamides is 1. The first-order valence-electron chi connectivity index (χ1n) is 11.0. The van der Waals surface area contributed by atoms with E-state index in [4.69, 9.17) is 38.0 Å². The Morgan fingerprint density at radius 3 is 2.71 bits per heavy atom. The standard InChI is InChI=1S/C23H28ClN3O6S2/c1-4-32-20-13-19-16(12-21(20)35(29,30)27-23(34)25-2)14(8-10-33-19)7-9-26-22(28)17-11-15(24)5-6-18(17)31-3/h5-6,11-14H,4,7-10H2,1-3H3,(H,26,28)(H2,25,27,34). The van der Waals surface area contributed by atoms with Crippen molar-refractivity contribution in [1.82, 2.24) is 15.4 Å². The average Bonchev–Trinajstić information content (AvgIpc) is 2.83. The first-order valence-corrected chi connectivity index (χ1v) is 13.3. The summed E-state index contributed by atoms with van der Waals surface area (Å²) in [6.45, 7) is 2.87. The SMILES string of the molecule is CCOc1cc2c(cc1S(=O)(=O)NC(=S)NC)C(CCNC(=O)c1cc(Cl)ccc1OC)CCO2. The Morgan fingerprint density at radius 1 is 1.26 bits per heavy atom. The minimum absolute atomic E-state index is 0.0288. The van der Waals surface area contributed by atoms with Gasteiger partial charge >= 0.3 is 0 Å². The van der Waals surface area contributed by atoms with Gasteiger partial charge in [0.15, 0.2) is 5.11 Å². The van der Waals surface area contributed by atoms with Crippen LogP contribution >= 0.6 is 23.8 Å². The van der Waals surface area contributed by atoms with E-state index in [1.165, 1.54) is 14.2 Å². The number of benzene rings is 2. The maximum Gasteiger partial charge on any atom is 0.267 e. The summed E-state index contributed by atoms with van der Waals surface area (Å²) in [6.07, 6.45) is 1.24. The Hall–Kier alpha value is -2.76. The van der Waals surface area contributed by atoms with Gasteiger partial charge < -0.3 is 24.8 Å². The van der Waals surface area contributed by atoms with E-state index in [2.05, 4.69) is 15.4 Å². The van der Waals surface area contributed by atoms with E-state index in [-0.39, 0.29) is 34.2 Å². The van der Waals surface area contributed by atoms with Gasteiger partial charge in [0.1, 0.15) is 22.1 Å². The molecule has 0 bridgehead atoms. The Morgan fingerprint density at radius 2 is 2.03 bits per heavy atom. The van der Waals surface area contributed by atoms with Crippen LogP contribution in [0.5, 0.6) is 17.2 Å². The molecule has 0 saturated carbocycles. The molecule has 2 aromatic carbocycles. The van der Waals surface area contributed by atoms with Gasteiger partial charge in [-0.3, -0.25) is 9.52 Å². The van der Waals surface area contributed by atoms with Crippen molar-refractivity contribution in [3.8, 4) is 17.2 Å². The van der Waals surface area contributed by atoms with E-state index in [0.29, 0.717) is 48.1 Å². The number of methoxy groups -OCH3 is 1. The van der Waals surface area contributed by atoms with E-state index in [0.717, 1.165) is 5.56 Å². The van der Waals surface area contributed by atoms with Gasteiger partial charge in [0.05, 0.1) is 25.9 Å². The zero-order valence-corrected chi connectivity index (χ0v) is 22.0. The molecule has 190 valence electrons. The van der Waals surface area contributed by atoms with Gasteiger partial charge in [-0.1, -0.05) is 11.6 Å². The van der Waals surface area contributed by atoms with Crippen molar-refractivity contribution < 1.29 is 27.4 Å². The van der Waals surface area contributed by atoms with Gasteiger partial charge in [-0.2, -0.15) is 0 Å². The molecule has 0 radical (unpaired) electrons. The highest BCUT2D eigenvalue weighted by Crippen LogP contribution is 2.41. The van der Waals surface area contributed by atoms with Gasteiger partial charge in [-0.25, -0.2) is 8.42 Å². The lowest BCUT2D eigenvalue weighted by Crippen LogP contribution is -2.37. The molecule has 1 unspecified atom stereocenters. The number of carbonyl (C=O) groups is 1. The molecule has 12 heteroatoms. The number of thiocarbonyl (C=S) groups is 1. The predicted molar refractivity (Wildman–Crippen MR) is 137 cm³/mol. The smallest absolute Gasteiger partial charge is 0.267 e. The highest BCUT2D eigenvalue weighted by Gasteiger charge is 2.29. The van der Waals surface area contributed by atoms with E-state index < -0.39 is 10.0 Å². The summed E-state index contributed by atoms with van der Waals surface area (Å²) in [4.78, 5) is 12.7. The van der Waals surface area contributed by atoms with E-state index in [9.17, 15) is 13.2 Å². The number of fused-ring (bicyclic) bond motifs is 1. The summed E-state index contributed by atoms with van der Waals surface area (Å²) in [5.41, 5.74) is 1.07. The summed E-state index contributed by atoms with van der Waals surface area (Å²) >= 11 is 11.0. The molecule has 0 spiro atoms. The lowest BCUT2D eigenvalue weighted by Gasteiger charge is -2.27. The Balaban J connectivity index is 1.82. The summed E-state index contributed by atoms with van der Waals surface area (Å²) in [6, 6.07) is 7.99. The van der Waals surface area contributed by atoms with Crippen LogP contribution in [0, 0.1) is 0 Å². The maximum absolute atomic E-state index is 13.0. The minimum atomic E-state index is -3.99. The molecule has 1 heterocycles. The Bertz CT molecular complexity index is 1210. The van der Waals surface area contributed by atoms with Crippen LogP contribution in [0.1, 0.15) is 41.6 Å². The monoisotopic (exact) mass is 541 g/mol. The van der Waals surface area contributed by atoms with Crippen LogP contribution < -0.4 is 29.6 Å². The molecule has 35 heavy (non-hydrogen) atoms. The largest absolute Gasteiger partial charge is 0.496 e. The maximum atomic E-state index is 13.0. The molecule has 0 aromatic heterocycles. The Kier molecular flexibility index (Phi) is 9.03. The third-order valence-corrected chi connectivity index (χ3v) is 7.51. The van der Waals surface area contributed by atoms with Crippen LogP contribution in [0.2, 0.25) is 5.02 Å². The molecule has 1 amide bonds. The topological polar surface area (TPSA) is 115 Å². The second-order valence-electron chi connectivity index (χ2n) is 7.68. The van der Waals surface area contributed by atoms with Crippen LogP contribution in [-0.4, -0.2) is 53.4 Å². The molecule has 1 aliphatic rings. The van der Waals surface area contributed by atoms with Crippen molar-refractivity contribution in [1.29, 1.82) is 0 Å². The number of hydrogen-bond acceptors (Lipinski definition) is 7. The van der Waals surface area contributed by atoms with E-state index >= 15 is 0 Å². The number of halogens is 1. The molecule has 0 fully saturated rings. The van der Waals surface area contributed by atoms with Crippen molar-refractivity contribution in [2.45, 2.75) is 30.6 Å². The van der Waals surface area contributed by atoms with Crippen molar-refractivity contribution in [3.05, 3.63) is 46.5 Å². The van der Waals surface area contributed by atoms with Gasteiger partial charge in [0, 0.05) is 24.7 Å². The van der Waals surface area contributed by atoms with Crippen LogP contribution in [-0.2, 0) is 10.0 Å². The summed E-state index contributed by atoms with van der Waals surface area (Å²) in [5, 5.41) is 5.89. The fourth-order valence-electron chi connectivity index (χ4n) is 3.79. The molecule has 3 rings (SSSR count). The molecule has 1 atom stereocenters. The number of ether oxygens (including phenoxy) is 3. The van der Waals surface area contributed by atoms with Crippen LogP contribution in [0.4, 0.5) is 0 Å². The molecular formula is C23H28ClN3O6S2. The lowest BCUT2D eigenvalue weighted by molar-refractivity contribution is 0.0949. The summed E-state index contributed by atoms with van der Waals surface area (Å²) in [5.74, 6) is 0.813. The van der Waals surface area contributed by atoms with Gasteiger partial charge in [0.25, 0.3) is 15.9 Å². The zero-order chi connectivity index (χ0) is 25.6. The number of rotatable bonds is 9. The van der Waals surface area contributed by atoms with E-state index in [1.54, 1.807) is 37.3 Å². The molecule has 0 aliphatic carbocycles. The number of carbonyl (C=O) groups excluding carboxylic acids is 1.